The Morgan fingerprint density at radius 1 is 1.19 bits per heavy atom. The van der Waals surface area contributed by atoms with E-state index in [1.165, 1.54) is 12.1 Å². The van der Waals surface area contributed by atoms with E-state index in [0.29, 0.717) is 36.1 Å². The molecule has 3 heterocycles. The van der Waals surface area contributed by atoms with Gasteiger partial charge in [-0.3, -0.25) is 4.90 Å². The molecular weight excluding hydrogens is 374 g/mol. The fourth-order valence-corrected chi connectivity index (χ4v) is 3.56. The van der Waals surface area contributed by atoms with Crippen molar-refractivity contribution in [1.29, 1.82) is 0 Å². The standard InChI is InChI=1S/C19H19ClF2N4O/c1-12-16(8-13-2-3-14(21)9-17(13)22)19-23-18(20)10-15(26(19)24-12)11-25-4-6-27-7-5-25/h2-3,9-10H,4-8,11H2,1H3. The van der Waals surface area contributed by atoms with Crippen molar-refractivity contribution in [2.45, 2.75) is 19.9 Å². The Bertz CT molecular complexity index is 985. The molecule has 0 unspecified atom stereocenters. The van der Waals surface area contributed by atoms with Crippen LogP contribution in [0.2, 0.25) is 5.15 Å². The van der Waals surface area contributed by atoms with Crippen LogP contribution in [0.15, 0.2) is 24.3 Å². The van der Waals surface area contributed by atoms with Crippen LogP contribution < -0.4 is 0 Å². The number of ether oxygens (including phenoxy) is 1. The van der Waals surface area contributed by atoms with Gasteiger partial charge in [0.1, 0.15) is 16.8 Å². The maximum atomic E-state index is 14.1. The Morgan fingerprint density at radius 2 is 1.96 bits per heavy atom. The molecule has 142 valence electrons. The molecule has 27 heavy (non-hydrogen) atoms. The van der Waals surface area contributed by atoms with Gasteiger partial charge in [0.05, 0.1) is 24.6 Å². The summed E-state index contributed by atoms with van der Waals surface area (Å²) in [6.45, 7) is 5.63. The zero-order valence-electron chi connectivity index (χ0n) is 14.9. The number of hydrogen-bond acceptors (Lipinski definition) is 4. The summed E-state index contributed by atoms with van der Waals surface area (Å²) < 4.78 is 34.5. The van der Waals surface area contributed by atoms with Crippen molar-refractivity contribution in [3.05, 3.63) is 63.6 Å². The molecule has 0 bridgehead atoms. The van der Waals surface area contributed by atoms with Gasteiger partial charge in [0.25, 0.3) is 0 Å². The highest BCUT2D eigenvalue weighted by Crippen LogP contribution is 2.24. The molecule has 0 aliphatic carbocycles. The lowest BCUT2D eigenvalue weighted by Gasteiger charge is -2.26. The lowest BCUT2D eigenvalue weighted by Crippen LogP contribution is -2.36. The van der Waals surface area contributed by atoms with Gasteiger partial charge in [0.15, 0.2) is 5.65 Å². The summed E-state index contributed by atoms with van der Waals surface area (Å²) in [4.78, 5) is 6.69. The van der Waals surface area contributed by atoms with E-state index in [1.807, 2.05) is 6.92 Å². The highest BCUT2D eigenvalue weighted by atomic mass is 35.5. The largest absolute Gasteiger partial charge is 0.379 e. The van der Waals surface area contributed by atoms with Gasteiger partial charge < -0.3 is 4.74 Å². The number of nitrogens with zero attached hydrogens (tertiary/aromatic N) is 4. The molecule has 0 radical (unpaired) electrons. The Labute approximate surface area is 160 Å². The molecule has 1 fully saturated rings. The molecule has 0 spiro atoms. The van der Waals surface area contributed by atoms with Crippen LogP contribution in [0.1, 0.15) is 22.5 Å². The predicted molar refractivity (Wildman–Crippen MR) is 98.0 cm³/mol. The highest BCUT2D eigenvalue weighted by molar-refractivity contribution is 6.29. The number of morpholine rings is 1. The monoisotopic (exact) mass is 392 g/mol. The summed E-state index contributed by atoms with van der Waals surface area (Å²) in [7, 11) is 0. The van der Waals surface area contributed by atoms with Crippen LogP contribution in [0.5, 0.6) is 0 Å². The van der Waals surface area contributed by atoms with Crippen LogP contribution in [-0.2, 0) is 17.7 Å². The van der Waals surface area contributed by atoms with Crippen molar-refractivity contribution >= 4 is 17.2 Å². The molecule has 4 rings (SSSR count). The minimum atomic E-state index is -0.596. The number of aromatic nitrogens is 3. The summed E-state index contributed by atoms with van der Waals surface area (Å²) in [5.74, 6) is -1.17. The van der Waals surface area contributed by atoms with Crippen LogP contribution in [0.25, 0.3) is 5.65 Å². The lowest BCUT2D eigenvalue weighted by atomic mass is 10.0. The third-order valence-electron chi connectivity index (χ3n) is 4.80. The number of aryl methyl sites for hydroxylation is 1. The second-order valence-electron chi connectivity index (χ2n) is 6.67. The topological polar surface area (TPSA) is 42.7 Å². The maximum absolute atomic E-state index is 14.1. The minimum absolute atomic E-state index is 0.270. The summed E-state index contributed by atoms with van der Waals surface area (Å²) in [5, 5.41) is 4.97. The predicted octanol–water partition coefficient (Wildman–Crippen LogP) is 3.39. The van der Waals surface area contributed by atoms with Crippen LogP contribution >= 0.6 is 11.6 Å². The Morgan fingerprint density at radius 3 is 2.70 bits per heavy atom. The molecule has 3 aromatic rings. The molecule has 0 N–H and O–H groups in total. The quantitative estimate of drug-likeness (QED) is 0.638. The number of benzene rings is 1. The zero-order chi connectivity index (χ0) is 19.0. The first-order valence-electron chi connectivity index (χ1n) is 8.79. The Balaban J connectivity index is 1.72. The number of hydrogen-bond donors (Lipinski definition) is 0. The fourth-order valence-electron chi connectivity index (χ4n) is 3.36. The number of halogens is 3. The SMILES string of the molecule is Cc1nn2c(CN3CCOCC3)cc(Cl)nc2c1Cc1ccc(F)cc1F. The first-order chi connectivity index (χ1) is 13.0. The Kier molecular flexibility index (Phi) is 5.08. The minimum Gasteiger partial charge on any atom is -0.379 e. The van der Waals surface area contributed by atoms with Gasteiger partial charge in [-0.15, -0.1) is 0 Å². The highest BCUT2D eigenvalue weighted by Gasteiger charge is 2.19. The van der Waals surface area contributed by atoms with E-state index in [0.717, 1.165) is 36.1 Å². The molecule has 2 aromatic heterocycles. The van der Waals surface area contributed by atoms with Crippen molar-refractivity contribution in [3.8, 4) is 0 Å². The van der Waals surface area contributed by atoms with Gasteiger partial charge in [-0.2, -0.15) is 5.10 Å². The lowest BCUT2D eigenvalue weighted by molar-refractivity contribution is 0.0333. The Hall–Kier alpha value is -2.09. The molecule has 1 aromatic carbocycles. The summed E-state index contributed by atoms with van der Waals surface area (Å²) in [5.41, 5.74) is 3.45. The van der Waals surface area contributed by atoms with Crippen molar-refractivity contribution in [2.24, 2.45) is 0 Å². The summed E-state index contributed by atoms with van der Waals surface area (Å²) >= 11 is 6.26. The second-order valence-corrected chi connectivity index (χ2v) is 7.06. The van der Waals surface area contributed by atoms with E-state index in [4.69, 9.17) is 16.3 Å². The molecule has 0 atom stereocenters. The number of fused-ring (bicyclic) bond motifs is 1. The summed E-state index contributed by atoms with van der Waals surface area (Å²) in [6.07, 6.45) is 0.270. The average molecular weight is 393 g/mol. The molecule has 5 nitrogen and oxygen atoms in total. The van der Waals surface area contributed by atoms with Crippen molar-refractivity contribution in [2.75, 3.05) is 26.3 Å². The van der Waals surface area contributed by atoms with Gasteiger partial charge in [0.2, 0.25) is 0 Å². The third-order valence-corrected chi connectivity index (χ3v) is 4.99. The van der Waals surface area contributed by atoms with E-state index in [-0.39, 0.29) is 6.42 Å². The normalized spacial score (nSPS) is 15.6. The van der Waals surface area contributed by atoms with E-state index in [2.05, 4.69) is 15.0 Å². The summed E-state index contributed by atoms with van der Waals surface area (Å²) in [6, 6.07) is 5.40. The molecule has 1 saturated heterocycles. The van der Waals surface area contributed by atoms with Gasteiger partial charge in [-0.05, 0) is 24.6 Å². The van der Waals surface area contributed by atoms with Crippen LogP contribution in [-0.4, -0.2) is 45.8 Å². The van der Waals surface area contributed by atoms with E-state index >= 15 is 0 Å². The molecule has 1 aliphatic heterocycles. The van der Waals surface area contributed by atoms with Crippen molar-refractivity contribution in [1.82, 2.24) is 19.5 Å². The van der Waals surface area contributed by atoms with Crippen LogP contribution in [0.4, 0.5) is 8.78 Å². The zero-order valence-corrected chi connectivity index (χ0v) is 15.6. The number of rotatable bonds is 4. The third kappa shape index (κ3) is 3.81. The van der Waals surface area contributed by atoms with E-state index < -0.39 is 11.6 Å². The van der Waals surface area contributed by atoms with E-state index in [9.17, 15) is 8.78 Å². The molecule has 1 aliphatic rings. The average Bonchev–Trinajstić information content (AvgIpc) is 2.94. The van der Waals surface area contributed by atoms with Gasteiger partial charge >= 0.3 is 0 Å². The molecular formula is C19H19ClF2N4O. The second kappa shape index (κ2) is 7.50. The first-order valence-corrected chi connectivity index (χ1v) is 9.17. The van der Waals surface area contributed by atoms with Gasteiger partial charge in [-0.25, -0.2) is 18.3 Å². The van der Waals surface area contributed by atoms with Gasteiger partial charge in [-0.1, -0.05) is 17.7 Å². The first kappa shape index (κ1) is 18.3. The van der Waals surface area contributed by atoms with Crippen molar-refractivity contribution in [3.63, 3.8) is 0 Å². The molecule has 8 heteroatoms. The van der Waals surface area contributed by atoms with E-state index in [1.54, 1.807) is 10.6 Å². The maximum Gasteiger partial charge on any atom is 0.160 e. The van der Waals surface area contributed by atoms with Crippen LogP contribution in [0, 0.1) is 18.6 Å². The molecule has 0 amide bonds. The smallest absolute Gasteiger partial charge is 0.160 e. The van der Waals surface area contributed by atoms with Crippen molar-refractivity contribution < 1.29 is 13.5 Å². The van der Waals surface area contributed by atoms with Crippen LogP contribution in [0.3, 0.4) is 0 Å². The van der Waals surface area contributed by atoms with Gasteiger partial charge in [0, 0.05) is 37.7 Å². The fraction of sp³-hybridized carbons (Fsp3) is 0.368. The molecule has 0 saturated carbocycles.